The zero-order chi connectivity index (χ0) is 23.1. The smallest absolute Gasteiger partial charge is 0.326 e. The molecule has 11 nitrogen and oxygen atoms in total. The van der Waals surface area contributed by atoms with Crippen molar-refractivity contribution in [3.63, 3.8) is 0 Å². The van der Waals surface area contributed by atoms with Crippen LogP contribution in [0.2, 0.25) is 0 Å². The average molecular weight is 431 g/mol. The minimum Gasteiger partial charge on any atom is -0.480 e. The number of hydrogen-bond acceptors (Lipinski definition) is 7. The Morgan fingerprint density at radius 2 is 1.43 bits per heavy atom. The maximum absolute atomic E-state index is 12.5. The number of carboxylic acids is 1. The Bertz CT molecular complexity index is 558. The van der Waals surface area contributed by atoms with Gasteiger partial charge in [-0.25, -0.2) is 4.79 Å². The molecule has 0 rings (SSSR count). The Morgan fingerprint density at radius 1 is 0.867 bits per heavy atom. The number of carbonyl (C=O) groups excluding carboxylic acids is 3. The second-order valence-electron chi connectivity index (χ2n) is 7.58. The van der Waals surface area contributed by atoms with E-state index in [4.69, 9.17) is 22.3 Å². The summed E-state index contributed by atoms with van der Waals surface area (Å²) in [4.78, 5) is 48.0. The molecule has 0 aromatic rings. The lowest BCUT2D eigenvalue weighted by Crippen LogP contribution is -2.53. The van der Waals surface area contributed by atoms with Gasteiger partial charge in [0.25, 0.3) is 0 Å². The first-order valence-electron chi connectivity index (χ1n) is 10.4. The molecule has 0 aromatic heterocycles. The molecule has 0 spiro atoms. The van der Waals surface area contributed by atoms with Gasteiger partial charge in [-0.2, -0.15) is 0 Å². The topological polar surface area (TPSA) is 203 Å². The number of unbranched alkanes of at least 4 members (excludes halogenated alkanes) is 2. The molecule has 3 atom stereocenters. The number of carbonyl (C=O) groups is 4. The normalized spacial score (nSPS) is 13.9. The summed E-state index contributed by atoms with van der Waals surface area (Å²) >= 11 is 0. The minimum atomic E-state index is -1.15. The molecule has 0 aliphatic carbocycles. The Labute approximate surface area is 177 Å². The van der Waals surface area contributed by atoms with Crippen molar-refractivity contribution in [3.05, 3.63) is 0 Å². The third-order valence-corrected chi connectivity index (χ3v) is 4.56. The standard InChI is InChI=1S/C19H38N6O5/c1-12(2)16(19(29)30)25-15(26)11-23-18(28)14(8-4-6-10-21)24-17(27)13(22)7-3-5-9-20/h12-14,16H,3-11,20-22H2,1-2H3,(H,23,28)(H,24,27)(H,25,26)(H,29,30)/t13-,14-,16-/m0/s1. The molecule has 0 saturated heterocycles. The average Bonchev–Trinajstić information content (AvgIpc) is 2.68. The highest BCUT2D eigenvalue weighted by molar-refractivity contribution is 5.92. The highest BCUT2D eigenvalue weighted by Crippen LogP contribution is 2.04. The molecule has 0 unspecified atom stereocenters. The van der Waals surface area contributed by atoms with Gasteiger partial charge in [0.2, 0.25) is 17.7 Å². The van der Waals surface area contributed by atoms with Gasteiger partial charge in [-0.3, -0.25) is 14.4 Å². The van der Waals surface area contributed by atoms with Gasteiger partial charge in [-0.1, -0.05) is 20.3 Å². The van der Waals surface area contributed by atoms with Gasteiger partial charge in [0, 0.05) is 0 Å². The molecule has 0 heterocycles. The van der Waals surface area contributed by atoms with Gasteiger partial charge < -0.3 is 38.3 Å². The second-order valence-corrected chi connectivity index (χ2v) is 7.58. The number of nitrogens with one attached hydrogen (secondary N) is 3. The summed E-state index contributed by atoms with van der Waals surface area (Å²) in [6, 6.07) is -2.68. The van der Waals surface area contributed by atoms with Crippen molar-refractivity contribution in [1.29, 1.82) is 0 Å². The van der Waals surface area contributed by atoms with Crippen molar-refractivity contribution in [3.8, 4) is 0 Å². The van der Waals surface area contributed by atoms with E-state index in [0.29, 0.717) is 45.2 Å². The minimum absolute atomic E-state index is 0.314. The lowest BCUT2D eigenvalue weighted by atomic mass is 10.0. The molecule has 0 aromatic carbocycles. The van der Waals surface area contributed by atoms with Crippen LogP contribution in [0.4, 0.5) is 0 Å². The molecule has 10 N–H and O–H groups in total. The molecule has 11 heteroatoms. The van der Waals surface area contributed by atoms with Crippen LogP contribution in [0.5, 0.6) is 0 Å². The van der Waals surface area contributed by atoms with Crippen LogP contribution in [0.15, 0.2) is 0 Å². The van der Waals surface area contributed by atoms with Gasteiger partial charge in [-0.15, -0.1) is 0 Å². The first-order valence-corrected chi connectivity index (χ1v) is 10.4. The zero-order valence-electron chi connectivity index (χ0n) is 18.0. The Morgan fingerprint density at radius 3 is 1.93 bits per heavy atom. The number of carboxylic acid groups (broad SMARTS) is 1. The van der Waals surface area contributed by atoms with Crippen LogP contribution in [-0.2, 0) is 19.2 Å². The highest BCUT2D eigenvalue weighted by Gasteiger charge is 2.26. The predicted molar refractivity (Wildman–Crippen MR) is 113 cm³/mol. The van der Waals surface area contributed by atoms with Gasteiger partial charge in [0.15, 0.2) is 0 Å². The van der Waals surface area contributed by atoms with E-state index in [1.54, 1.807) is 13.8 Å². The number of nitrogens with two attached hydrogens (primary N) is 3. The van der Waals surface area contributed by atoms with Crippen molar-refractivity contribution < 1.29 is 24.3 Å². The first kappa shape index (κ1) is 27.8. The van der Waals surface area contributed by atoms with Crippen molar-refractivity contribution in [2.45, 2.75) is 70.5 Å². The van der Waals surface area contributed by atoms with Crippen LogP contribution in [0, 0.1) is 5.92 Å². The fourth-order valence-corrected chi connectivity index (χ4v) is 2.71. The molecule has 0 aliphatic heterocycles. The van der Waals surface area contributed by atoms with Gasteiger partial charge in [-0.05, 0) is 51.1 Å². The predicted octanol–water partition coefficient (Wildman–Crippen LogP) is -1.60. The van der Waals surface area contributed by atoms with E-state index in [0.717, 1.165) is 6.42 Å². The van der Waals surface area contributed by atoms with E-state index in [2.05, 4.69) is 16.0 Å². The molecule has 30 heavy (non-hydrogen) atoms. The van der Waals surface area contributed by atoms with Gasteiger partial charge in [0.1, 0.15) is 12.1 Å². The lowest BCUT2D eigenvalue weighted by Gasteiger charge is -2.21. The largest absolute Gasteiger partial charge is 0.480 e. The Hall–Kier alpha value is -2.24. The second kappa shape index (κ2) is 15.6. The molecular formula is C19H38N6O5. The van der Waals surface area contributed by atoms with Crippen LogP contribution in [0.25, 0.3) is 0 Å². The molecule has 3 amide bonds. The number of rotatable bonds is 16. The Balaban J connectivity index is 4.79. The molecule has 0 radical (unpaired) electrons. The van der Waals surface area contributed by atoms with E-state index in [-0.39, 0.29) is 5.92 Å². The summed E-state index contributed by atoms with van der Waals surface area (Å²) in [7, 11) is 0. The molecule has 174 valence electrons. The summed E-state index contributed by atoms with van der Waals surface area (Å²) in [5.41, 5.74) is 16.8. The molecular weight excluding hydrogens is 392 g/mol. The molecule has 0 bridgehead atoms. The van der Waals surface area contributed by atoms with Crippen molar-refractivity contribution in [2.24, 2.45) is 23.1 Å². The summed E-state index contributed by atoms with van der Waals surface area (Å²) in [6.07, 6.45) is 3.54. The quantitative estimate of drug-likeness (QED) is 0.142. The van der Waals surface area contributed by atoms with Gasteiger partial charge >= 0.3 is 5.97 Å². The molecule has 0 fully saturated rings. The third-order valence-electron chi connectivity index (χ3n) is 4.56. The summed E-state index contributed by atoms with van der Waals surface area (Å²) in [5, 5.41) is 16.6. The first-order chi connectivity index (χ1) is 14.1. The monoisotopic (exact) mass is 430 g/mol. The van der Waals surface area contributed by atoms with Crippen molar-refractivity contribution in [1.82, 2.24) is 16.0 Å². The van der Waals surface area contributed by atoms with Crippen molar-refractivity contribution >= 4 is 23.7 Å². The van der Waals surface area contributed by atoms with Gasteiger partial charge in [0.05, 0.1) is 12.6 Å². The van der Waals surface area contributed by atoms with E-state index >= 15 is 0 Å². The summed E-state index contributed by atoms with van der Waals surface area (Å²) in [6.45, 7) is 3.89. The molecule has 0 saturated carbocycles. The number of aliphatic carboxylic acids is 1. The van der Waals surface area contributed by atoms with E-state index in [9.17, 15) is 19.2 Å². The number of hydrogen-bond donors (Lipinski definition) is 7. The Kier molecular flexibility index (Phi) is 14.4. The van der Waals surface area contributed by atoms with Crippen LogP contribution in [-0.4, -0.2) is 66.6 Å². The summed E-state index contributed by atoms with van der Waals surface area (Å²) in [5.74, 6) is -3.09. The lowest BCUT2D eigenvalue weighted by molar-refractivity contribution is -0.143. The van der Waals surface area contributed by atoms with Crippen LogP contribution >= 0.6 is 0 Å². The van der Waals surface area contributed by atoms with Crippen molar-refractivity contribution in [2.75, 3.05) is 19.6 Å². The van der Waals surface area contributed by atoms with Crippen LogP contribution in [0.1, 0.15) is 52.4 Å². The highest BCUT2D eigenvalue weighted by atomic mass is 16.4. The third kappa shape index (κ3) is 11.7. The zero-order valence-corrected chi connectivity index (χ0v) is 18.0. The fourth-order valence-electron chi connectivity index (χ4n) is 2.71. The van der Waals surface area contributed by atoms with Crippen LogP contribution < -0.4 is 33.2 Å². The number of amides is 3. The SMILES string of the molecule is CC(C)[C@H](NC(=O)CNC(=O)[C@H](CCCCN)NC(=O)[C@@H](N)CCCCN)C(=O)O. The maximum Gasteiger partial charge on any atom is 0.326 e. The van der Waals surface area contributed by atoms with E-state index < -0.39 is 48.4 Å². The molecule has 0 aliphatic rings. The van der Waals surface area contributed by atoms with Crippen LogP contribution in [0.3, 0.4) is 0 Å². The van der Waals surface area contributed by atoms with E-state index in [1.807, 2.05) is 0 Å². The maximum atomic E-state index is 12.5. The van der Waals surface area contributed by atoms with E-state index in [1.165, 1.54) is 0 Å². The fraction of sp³-hybridized carbons (Fsp3) is 0.789. The summed E-state index contributed by atoms with van der Waals surface area (Å²) < 4.78 is 0.